The van der Waals surface area contributed by atoms with Crippen LogP contribution in [0.25, 0.3) is 5.57 Å². The second-order valence-corrected chi connectivity index (χ2v) is 12.1. The molecule has 2 unspecified atom stereocenters. The van der Waals surface area contributed by atoms with Gasteiger partial charge in [0.25, 0.3) is 0 Å². The summed E-state index contributed by atoms with van der Waals surface area (Å²) in [4.78, 5) is 22.0. The number of aromatic amines is 1. The van der Waals surface area contributed by atoms with Gasteiger partial charge in [-0.1, -0.05) is 24.6 Å². The lowest BCUT2D eigenvalue weighted by molar-refractivity contribution is -0.129. The molecule has 1 aromatic heterocycles. The van der Waals surface area contributed by atoms with E-state index in [0.717, 1.165) is 42.9 Å². The third kappa shape index (κ3) is 7.79. The van der Waals surface area contributed by atoms with Crippen molar-refractivity contribution >= 4 is 17.6 Å². The summed E-state index contributed by atoms with van der Waals surface area (Å²) in [6.45, 7) is 12.7. The van der Waals surface area contributed by atoms with Crippen molar-refractivity contribution in [2.75, 3.05) is 45.9 Å². The first-order valence-electron chi connectivity index (χ1n) is 15.4. The van der Waals surface area contributed by atoms with Crippen molar-refractivity contribution < 1.29 is 9.90 Å². The molecule has 3 aliphatic heterocycles. The molecule has 0 saturated carbocycles. The number of allylic oxidation sites excluding steroid dienone is 5. The number of nitrogens with one attached hydrogen (secondary N) is 3. The number of aliphatic imine (C=N–C) groups is 1. The number of Topliss-reactive ketones (excluding diaryl/α,β-unsaturated/α-hetero) is 1. The molecule has 0 radical (unpaired) electrons. The van der Waals surface area contributed by atoms with Crippen LogP contribution in [-0.4, -0.2) is 89.3 Å². The first kappa shape index (κ1) is 31.7. The molecule has 10 heteroatoms. The van der Waals surface area contributed by atoms with Gasteiger partial charge >= 0.3 is 0 Å². The largest absolute Gasteiger partial charge is 0.403 e. The number of hydrogen-bond acceptors (Lipinski definition) is 9. The zero-order valence-electron chi connectivity index (χ0n) is 25.8. The van der Waals surface area contributed by atoms with Crippen LogP contribution in [0, 0.1) is 11.3 Å². The van der Waals surface area contributed by atoms with Crippen molar-refractivity contribution in [2.45, 2.75) is 66.0 Å². The molecule has 2 atom stereocenters. The number of hydrogen-bond donors (Lipinski definition) is 5. The molecule has 42 heavy (non-hydrogen) atoms. The summed E-state index contributed by atoms with van der Waals surface area (Å²) in [7, 11) is 0. The van der Waals surface area contributed by atoms with Crippen LogP contribution in [0.4, 0.5) is 0 Å². The summed E-state index contributed by atoms with van der Waals surface area (Å²) >= 11 is 0. The SMILES string of the molecule is C/C=N\CNC1=CC2(CCN(C(O)CC3CC(C=C(C)C)=C(c4cn[nH]c4)CN(/C(=C\N)CC)C3)CC2)C(=O)CNC1. The van der Waals surface area contributed by atoms with Gasteiger partial charge in [0, 0.05) is 62.1 Å². The molecule has 0 aromatic carbocycles. The smallest absolute Gasteiger partial charge is 0.156 e. The van der Waals surface area contributed by atoms with Gasteiger partial charge in [0.2, 0.25) is 0 Å². The first-order chi connectivity index (χ1) is 20.3. The highest BCUT2D eigenvalue weighted by atomic mass is 16.3. The van der Waals surface area contributed by atoms with Gasteiger partial charge in [-0.15, -0.1) is 0 Å². The van der Waals surface area contributed by atoms with E-state index in [9.17, 15) is 9.90 Å². The molecular weight excluding hydrogens is 528 g/mol. The topological polar surface area (TPSA) is 135 Å². The minimum absolute atomic E-state index is 0.228. The first-order valence-corrected chi connectivity index (χ1v) is 15.4. The number of nitrogens with zero attached hydrogens (tertiary/aromatic N) is 4. The van der Waals surface area contributed by atoms with Crippen LogP contribution in [0.2, 0.25) is 0 Å². The lowest BCUT2D eigenvalue weighted by atomic mass is 9.74. The van der Waals surface area contributed by atoms with Gasteiger partial charge in [0.15, 0.2) is 5.78 Å². The highest BCUT2D eigenvalue weighted by molar-refractivity contribution is 5.89. The van der Waals surface area contributed by atoms with Crippen LogP contribution in [0.3, 0.4) is 0 Å². The van der Waals surface area contributed by atoms with Crippen molar-refractivity contribution in [3.63, 3.8) is 0 Å². The molecule has 1 saturated heterocycles. The van der Waals surface area contributed by atoms with Gasteiger partial charge in [0.1, 0.15) is 12.9 Å². The highest BCUT2D eigenvalue weighted by Gasteiger charge is 2.42. The van der Waals surface area contributed by atoms with Crippen LogP contribution in [0.15, 0.2) is 58.3 Å². The fourth-order valence-corrected chi connectivity index (χ4v) is 6.57. The lowest BCUT2D eigenvalue weighted by Gasteiger charge is -2.41. The Labute approximate surface area is 250 Å². The van der Waals surface area contributed by atoms with Gasteiger partial charge in [-0.3, -0.25) is 19.8 Å². The number of aromatic nitrogens is 2. The molecular formula is C32H50N8O2. The van der Waals surface area contributed by atoms with Crippen molar-refractivity contribution in [1.29, 1.82) is 0 Å². The fraction of sp³-hybridized carbons (Fsp3) is 0.594. The predicted molar refractivity (Wildman–Crippen MR) is 169 cm³/mol. The summed E-state index contributed by atoms with van der Waals surface area (Å²) in [5.74, 6) is 0.460. The number of nitrogens with two attached hydrogens (primary N) is 1. The predicted octanol–water partition coefficient (Wildman–Crippen LogP) is 3.15. The van der Waals surface area contributed by atoms with Gasteiger partial charge in [-0.05, 0) is 76.2 Å². The highest BCUT2D eigenvalue weighted by Crippen LogP contribution is 2.38. The molecule has 4 heterocycles. The Morgan fingerprint density at radius 3 is 2.76 bits per heavy atom. The van der Waals surface area contributed by atoms with Crippen molar-refractivity contribution in [3.8, 4) is 0 Å². The normalized spacial score (nSPS) is 23.1. The van der Waals surface area contributed by atoms with Crippen molar-refractivity contribution in [2.24, 2.45) is 22.1 Å². The molecule has 0 amide bonds. The maximum atomic E-state index is 13.2. The second kappa shape index (κ2) is 14.8. The number of ketones is 1. The zero-order chi connectivity index (χ0) is 30.1. The van der Waals surface area contributed by atoms with E-state index in [4.69, 9.17) is 5.73 Å². The maximum Gasteiger partial charge on any atom is 0.156 e. The van der Waals surface area contributed by atoms with E-state index in [1.165, 1.54) is 16.7 Å². The average Bonchev–Trinajstić information content (AvgIpc) is 3.39. The van der Waals surface area contributed by atoms with Crippen LogP contribution in [0.1, 0.15) is 65.4 Å². The van der Waals surface area contributed by atoms with E-state index in [-0.39, 0.29) is 11.7 Å². The van der Waals surface area contributed by atoms with E-state index >= 15 is 0 Å². The molecule has 0 bridgehead atoms. The third-order valence-corrected chi connectivity index (χ3v) is 8.84. The minimum atomic E-state index is -0.580. The Hall–Kier alpha value is -3.21. The summed E-state index contributed by atoms with van der Waals surface area (Å²) < 4.78 is 0. The monoisotopic (exact) mass is 578 g/mol. The van der Waals surface area contributed by atoms with Gasteiger partial charge in [0.05, 0.1) is 18.2 Å². The molecule has 4 rings (SSSR count). The van der Waals surface area contributed by atoms with E-state index in [0.29, 0.717) is 52.1 Å². The molecule has 10 nitrogen and oxygen atoms in total. The minimum Gasteiger partial charge on any atom is -0.403 e. The molecule has 1 fully saturated rings. The molecule has 0 aliphatic carbocycles. The zero-order valence-corrected chi connectivity index (χ0v) is 25.8. The Kier molecular flexibility index (Phi) is 11.2. The number of rotatable bonds is 10. The number of aliphatic hydroxyl groups is 1. The lowest BCUT2D eigenvalue weighted by Crippen LogP contribution is -2.49. The van der Waals surface area contributed by atoms with E-state index in [1.807, 2.05) is 19.3 Å². The number of H-pyrrole nitrogens is 1. The van der Waals surface area contributed by atoms with Crippen molar-refractivity contribution in [3.05, 3.63) is 58.8 Å². The van der Waals surface area contributed by atoms with E-state index in [1.54, 1.807) is 12.4 Å². The van der Waals surface area contributed by atoms with E-state index in [2.05, 4.69) is 68.5 Å². The number of aliphatic hydroxyl groups excluding tert-OH is 1. The van der Waals surface area contributed by atoms with Gasteiger partial charge in [-0.25, -0.2) is 0 Å². The van der Waals surface area contributed by atoms with Crippen LogP contribution < -0.4 is 16.4 Å². The van der Waals surface area contributed by atoms with Gasteiger partial charge < -0.3 is 26.4 Å². The van der Waals surface area contributed by atoms with Crippen LogP contribution in [0.5, 0.6) is 0 Å². The molecule has 1 aromatic rings. The van der Waals surface area contributed by atoms with Crippen LogP contribution in [-0.2, 0) is 4.79 Å². The fourth-order valence-electron chi connectivity index (χ4n) is 6.57. The molecule has 3 aliphatic rings. The maximum absolute atomic E-state index is 13.2. The third-order valence-electron chi connectivity index (χ3n) is 8.84. The summed E-state index contributed by atoms with van der Waals surface area (Å²) in [5, 5.41) is 25.4. The van der Waals surface area contributed by atoms with Gasteiger partial charge in [-0.2, -0.15) is 5.10 Å². The van der Waals surface area contributed by atoms with Crippen LogP contribution >= 0.6 is 0 Å². The summed E-state index contributed by atoms with van der Waals surface area (Å²) in [6.07, 6.45) is 14.9. The Bertz CT molecular complexity index is 1200. The number of carbonyl (C=O) groups is 1. The number of likely N-dealkylation sites (tertiary alicyclic amines) is 1. The second-order valence-electron chi connectivity index (χ2n) is 12.1. The van der Waals surface area contributed by atoms with Crippen molar-refractivity contribution in [1.82, 2.24) is 30.6 Å². The summed E-state index contributed by atoms with van der Waals surface area (Å²) in [6, 6.07) is 0. The Morgan fingerprint density at radius 1 is 1.33 bits per heavy atom. The summed E-state index contributed by atoms with van der Waals surface area (Å²) in [5.41, 5.74) is 12.6. The number of piperidine rings is 1. The molecule has 230 valence electrons. The standard InChI is InChI=1S/C32H50N8O2/c1-5-28(15-33)40-20-24(12-25(11-23(3)4)29(21-40)26-16-37-38-17-26)13-31(42)39-9-7-32(8-10-39)14-27(36-22-34-6-2)18-35-19-30(32)41/h6,11,14-17,24,31,35-36,42H,5,7-10,12-13,18-22,33H2,1-4H3,(H,37,38)/b28-15-,34-6-. The average molecular weight is 579 g/mol. The quantitative estimate of drug-likeness (QED) is 0.267. The number of carbonyl (C=O) groups excluding carboxylic acids is 1. The van der Waals surface area contributed by atoms with E-state index < -0.39 is 11.6 Å². The Morgan fingerprint density at radius 2 is 2.12 bits per heavy atom. The Balaban J connectivity index is 1.51. The molecule has 6 N–H and O–H groups in total. The molecule has 1 spiro atoms.